The van der Waals surface area contributed by atoms with Crippen molar-refractivity contribution in [1.29, 1.82) is 0 Å². The van der Waals surface area contributed by atoms with Gasteiger partial charge in [0, 0.05) is 0 Å². The molecule has 0 unspecified atom stereocenters. The first-order valence-electron chi connectivity index (χ1n) is 21.3. The summed E-state index contributed by atoms with van der Waals surface area (Å²) in [4.78, 5) is 3.57. The van der Waals surface area contributed by atoms with Crippen LogP contribution < -0.4 is 0 Å². The molecule has 0 aliphatic carbocycles. The number of rotatable bonds is 34. The Morgan fingerprint density at radius 1 is 0.339 bits per heavy atom. The molecule has 0 saturated heterocycles. The Bertz CT molecular complexity index is 1380. The second-order valence-corrected chi connectivity index (χ2v) is 26.3. The fourth-order valence-electron chi connectivity index (χ4n) is 6.53. The van der Waals surface area contributed by atoms with Gasteiger partial charge in [-0.3, -0.25) is 0 Å². The molecule has 3 aromatic rings. The smallest absolute Gasteiger partial charge is 0.144 e. The zero-order valence-electron chi connectivity index (χ0n) is 34.2. The maximum Gasteiger partial charge on any atom is 0.144 e. The quantitative estimate of drug-likeness (QED) is 0.0397. The van der Waals surface area contributed by atoms with Crippen LogP contribution in [-0.4, -0.2) is 15.3 Å². The van der Waals surface area contributed by atoms with Crippen molar-refractivity contribution >= 4 is 82.5 Å². The molecule has 314 valence electrons. The SMILES string of the molecule is CCCCCCCCCc1ccc(O)c(SSSSc2cc(CCCCCCCCC)cc(SSSSc3cc(CCCCCCCCC)ccc3O)c2O)c1. The monoisotopic (exact) mass is 912 g/mol. The van der Waals surface area contributed by atoms with Gasteiger partial charge in [0.2, 0.25) is 0 Å². The van der Waals surface area contributed by atoms with Gasteiger partial charge in [0.25, 0.3) is 0 Å². The second kappa shape index (κ2) is 32.6. The average Bonchev–Trinajstić information content (AvgIpc) is 3.20. The highest BCUT2D eigenvalue weighted by Gasteiger charge is 2.15. The Labute approximate surface area is 371 Å². The van der Waals surface area contributed by atoms with Crippen LogP contribution in [-0.2, 0) is 19.3 Å². The highest BCUT2D eigenvalue weighted by Crippen LogP contribution is 2.57. The van der Waals surface area contributed by atoms with Crippen LogP contribution in [0.3, 0.4) is 0 Å². The van der Waals surface area contributed by atoms with E-state index >= 15 is 0 Å². The van der Waals surface area contributed by atoms with Crippen molar-refractivity contribution in [1.82, 2.24) is 0 Å². The van der Waals surface area contributed by atoms with Crippen molar-refractivity contribution in [3.05, 3.63) is 65.2 Å². The van der Waals surface area contributed by atoms with Crippen molar-refractivity contribution in [2.45, 2.75) is 194 Å². The predicted molar refractivity (Wildman–Crippen MR) is 263 cm³/mol. The Balaban J connectivity index is 1.53. The molecular formula is C45H68O3S8. The molecule has 0 spiro atoms. The third kappa shape index (κ3) is 21.9. The maximum absolute atomic E-state index is 11.4. The highest BCUT2D eigenvalue weighted by atomic mass is 33.7. The summed E-state index contributed by atoms with van der Waals surface area (Å²) in [7, 11) is 12.9. The Morgan fingerprint density at radius 3 is 0.982 bits per heavy atom. The van der Waals surface area contributed by atoms with Crippen molar-refractivity contribution in [2.75, 3.05) is 0 Å². The molecular weight excluding hydrogens is 845 g/mol. The van der Waals surface area contributed by atoms with E-state index in [0.29, 0.717) is 17.2 Å². The molecule has 11 heteroatoms. The van der Waals surface area contributed by atoms with E-state index < -0.39 is 0 Å². The van der Waals surface area contributed by atoms with Crippen molar-refractivity contribution < 1.29 is 15.3 Å². The predicted octanol–water partition coefficient (Wildman–Crippen LogP) is 18.9. The third-order valence-corrected chi connectivity index (χ3v) is 22.0. The Morgan fingerprint density at radius 2 is 0.625 bits per heavy atom. The van der Waals surface area contributed by atoms with E-state index in [1.54, 1.807) is 82.5 Å². The largest absolute Gasteiger partial charge is 0.507 e. The molecule has 0 fully saturated rings. The van der Waals surface area contributed by atoms with Crippen molar-refractivity contribution in [2.24, 2.45) is 0 Å². The lowest BCUT2D eigenvalue weighted by molar-refractivity contribution is 0.448. The molecule has 0 bridgehead atoms. The molecule has 0 aliphatic rings. The molecule has 0 amide bonds. The van der Waals surface area contributed by atoms with E-state index in [0.717, 1.165) is 45.3 Å². The third-order valence-electron chi connectivity index (χ3n) is 9.91. The van der Waals surface area contributed by atoms with Gasteiger partial charge in [-0.05, 0) is 174 Å². The number of hydrogen-bond donors (Lipinski definition) is 3. The Hall–Kier alpha value is -0.140. The van der Waals surface area contributed by atoms with Gasteiger partial charge in [0.15, 0.2) is 0 Å². The maximum atomic E-state index is 11.4. The number of phenols is 3. The molecule has 3 rings (SSSR count). The minimum atomic E-state index is 0.329. The number of benzene rings is 3. The van der Waals surface area contributed by atoms with Crippen LogP contribution >= 0.6 is 82.5 Å². The summed E-state index contributed by atoms with van der Waals surface area (Å²) in [6.45, 7) is 6.79. The fraction of sp³-hybridized carbons (Fsp3) is 0.600. The molecule has 0 heterocycles. The second-order valence-electron chi connectivity index (χ2n) is 14.8. The van der Waals surface area contributed by atoms with Gasteiger partial charge in [0.1, 0.15) is 17.2 Å². The molecule has 3 aromatic carbocycles. The standard InChI is InChI=1S/C45H68O3S8/c1-4-7-10-13-16-19-22-25-36-28-30-39(46)41(32-36)49-53-55-51-43-34-38(27-24-21-18-15-12-9-6-3)35-44(45(43)48)52-56-54-50-42-33-37(29-31-40(42)47)26-23-20-17-14-11-8-5-2/h28-35,46-48H,4-27H2,1-3H3. The number of aromatic hydroxyl groups is 3. The first-order valence-corrected chi connectivity index (χ1v) is 30.9. The van der Waals surface area contributed by atoms with Gasteiger partial charge >= 0.3 is 0 Å². The molecule has 3 N–H and O–H groups in total. The van der Waals surface area contributed by atoms with Crippen LogP contribution in [0.25, 0.3) is 0 Å². The first kappa shape index (κ1) is 50.2. The minimum Gasteiger partial charge on any atom is -0.507 e. The van der Waals surface area contributed by atoms with E-state index in [1.807, 2.05) is 12.1 Å². The van der Waals surface area contributed by atoms with Gasteiger partial charge in [-0.1, -0.05) is 148 Å². The van der Waals surface area contributed by atoms with E-state index in [2.05, 4.69) is 57.2 Å². The minimum absolute atomic E-state index is 0.329. The number of phenolic OH excluding ortho intramolecular Hbond substituents is 3. The molecule has 0 aromatic heterocycles. The van der Waals surface area contributed by atoms with Gasteiger partial charge < -0.3 is 15.3 Å². The summed E-state index contributed by atoms with van der Waals surface area (Å²) >= 11 is 0. The summed E-state index contributed by atoms with van der Waals surface area (Å²) in [5, 5.41) is 32.6. The van der Waals surface area contributed by atoms with Gasteiger partial charge in [0.05, 0.1) is 19.6 Å². The number of unbranched alkanes of at least 4 members (excludes halogenated alkanes) is 18. The van der Waals surface area contributed by atoms with E-state index in [9.17, 15) is 15.3 Å². The summed E-state index contributed by atoms with van der Waals surface area (Å²) in [6, 6.07) is 16.4. The normalized spacial score (nSPS) is 11.5. The zero-order chi connectivity index (χ0) is 40.1. The molecule has 56 heavy (non-hydrogen) atoms. The van der Waals surface area contributed by atoms with Crippen LogP contribution in [0.1, 0.15) is 172 Å². The first-order chi connectivity index (χ1) is 27.4. The Kier molecular flexibility index (Phi) is 29.2. The van der Waals surface area contributed by atoms with Crippen LogP contribution in [0.2, 0.25) is 0 Å². The van der Waals surface area contributed by atoms with Gasteiger partial charge in [-0.2, -0.15) is 0 Å². The lowest BCUT2D eigenvalue weighted by atomic mass is 10.0. The lowest BCUT2D eigenvalue weighted by Gasteiger charge is -2.12. The van der Waals surface area contributed by atoms with E-state index in [-0.39, 0.29) is 0 Å². The summed E-state index contributed by atoms with van der Waals surface area (Å²) in [5.41, 5.74) is 3.84. The van der Waals surface area contributed by atoms with E-state index in [1.165, 1.54) is 145 Å². The number of aryl methyl sites for hydroxylation is 3. The lowest BCUT2D eigenvalue weighted by Crippen LogP contribution is -1.89. The summed E-state index contributed by atoms with van der Waals surface area (Å²) in [6.07, 6.45) is 30.2. The molecule has 0 saturated carbocycles. The molecule has 0 atom stereocenters. The van der Waals surface area contributed by atoms with E-state index in [4.69, 9.17) is 0 Å². The fourth-order valence-corrected chi connectivity index (χ4v) is 17.9. The van der Waals surface area contributed by atoms with Crippen molar-refractivity contribution in [3.63, 3.8) is 0 Å². The molecule has 3 nitrogen and oxygen atoms in total. The van der Waals surface area contributed by atoms with Crippen LogP contribution in [0.15, 0.2) is 68.1 Å². The molecule has 0 radical (unpaired) electrons. The number of hydrogen-bond acceptors (Lipinski definition) is 11. The van der Waals surface area contributed by atoms with Gasteiger partial charge in [-0.15, -0.1) is 0 Å². The van der Waals surface area contributed by atoms with Crippen LogP contribution in [0.5, 0.6) is 17.2 Å². The van der Waals surface area contributed by atoms with Crippen molar-refractivity contribution in [3.8, 4) is 17.2 Å². The molecule has 0 aliphatic heterocycles. The summed E-state index contributed by atoms with van der Waals surface area (Å²) in [5.74, 6) is 0.990. The van der Waals surface area contributed by atoms with Gasteiger partial charge in [-0.25, -0.2) is 0 Å². The zero-order valence-corrected chi connectivity index (χ0v) is 40.7. The van der Waals surface area contributed by atoms with Crippen LogP contribution in [0, 0.1) is 0 Å². The summed E-state index contributed by atoms with van der Waals surface area (Å²) < 4.78 is 0. The van der Waals surface area contributed by atoms with Crippen LogP contribution in [0.4, 0.5) is 0 Å². The average molecular weight is 914 g/mol. The highest BCUT2D eigenvalue weighted by molar-refractivity contribution is 9.26. The topological polar surface area (TPSA) is 60.7 Å².